The van der Waals surface area contributed by atoms with E-state index in [0.29, 0.717) is 0 Å². The molecule has 0 aliphatic carbocycles. The smallest absolute Gasteiger partial charge is 0.179 e. The molecule has 0 fully saturated rings. The van der Waals surface area contributed by atoms with Gasteiger partial charge in [0, 0.05) is 0 Å². The first-order chi connectivity index (χ1) is 3.63. The summed E-state index contributed by atoms with van der Waals surface area (Å²) in [5.41, 5.74) is 0. The molecular formula is C2H6O2S4. The molecule has 6 heteroatoms. The molecule has 8 heavy (non-hydrogen) atoms. The zero-order chi connectivity index (χ0) is 6.57. The first-order valence-corrected chi connectivity index (χ1v) is 3.74. The fourth-order valence-electron chi connectivity index (χ4n) is 0.0994. The number of rotatable bonds is 3. The van der Waals surface area contributed by atoms with Crippen molar-refractivity contribution in [1.29, 1.82) is 0 Å². The molecule has 0 rings (SSSR count). The van der Waals surface area contributed by atoms with Gasteiger partial charge in [-0.1, -0.05) is 0 Å². The molecule has 0 N–H and O–H groups in total. The molecular weight excluding hydrogens is 184 g/mol. The molecule has 0 aromatic rings. The van der Waals surface area contributed by atoms with Crippen molar-refractivity contribution in [3.63, 3.8) is 0 Å². The number of hydrogen-bond donors (Lipinski definition) is 4. The molecule has 0 aliphatic heterocycles. The monoisotopic (exact) mass is 190 g/mol. The van der Waals surface area contributed by atoms with Crippen LogP contribution in [0, 0.1) is 0 Å². The minimum atomic E-state index is -0.545. The summed E-state index contributed by atoms with van der Waals surface area (Å²) in [5, 5.41) is 0. The molecule has 0 spiro atoms. The van der Waals surface area contributed by atoms with Gasteiger partial charge in [0.2, 0.25) is 0 Å². The van der Waals surface area contributed by atoms with E-state index in [-0.39, 0.29) is 0 Å². The number of hydrogen-bond acceptors (Lipinski definition) is 6. The van der Waals surface area contributed by atoms with Crippen molar-refractivity contribution >= 4 is 50.5 Å². The summed E-state index contributed by atoms with van der Waals surface area (Å²) in [7, 11) is 0. The van der Waals surface area contributed by atoms with Gasteiger partial charge in [-0.3, -0.25) is 0 Å². The van der Waals surface area contributed by atoms with Crippen molar-refractivity contribution in [2.24, 2.45) is 0 Å². The Morgan fingerprint density at radius 1 is 0.750 bits per heavy atom. The van der Waals surface area contributed by atoms with Crippen molar-refractivity contribution < 1.29 is 9.78 Å². The van der Waals surface area contributed by atoms with Crippen molar-refractivity contribution in [1.82, 2.24) is 0 Å². The molecule has 0 amide bonds. The molecule has 0 atom stereocenters. The van der Waals surface area contributed by atoms with Gasteiger partial charge in [0.25, 0.3) is 0 Å². The van der Waals surface area contributed by atoms with Gasteiger partial charge < -0.3 is 0 Å². The zero-order valence-corrected chi connectivity index (χ0v) is 7.34. The summed E-state index contributed by atoms with van der Waals surface area (Å²) in [6.07, 6.45) is 0. The van der Waals surface area contributed by atoms with Crippen LogP contribution >= 0.6 is 50.5 Å². The quantitative estimate of drug-likeness (QED) is 0.232. The third-order valence-corrected chi connectivity index (χ3v) is 0.572. The molecule has 0 bridgehead atoms. The second kappa shape index (κ2) is 5.13. The average Bonchev–Trinajstić information content (AvgIpc) is 1.61. The van der Waals surface area contributed by atoms with Crippen LogP contribution in [0.2, 0.25) is 0 Å². The Hall–Kier alpha value is 1.32. The third-order valence-electron chi connectivity index (χ3n) is 0.228. The first kappa shape index (κ1) is 9.32. The zero-order valence-electron chi connectivity index (χ0n) is 3.76. The molecule has 0 aromatic heterocycles. The maximum Gasteiger partial charge on any atom is 0.179 e. The minimum absolute atomic E-state index is 0.545. The van der Waals surface area contributed by atoms with Gasteiger partial charge in [-0.05, 0) is 0 Å². The van der Waals surface area contributed by atoms with Crippen molar-refractivity contribution in [2.45, 2.75) is 9.54 Å². The predicted octanol–water partition coefficient (Wildman–Crippen LogP) is 1.22. The van der Waals surface area contributed by atoms with E-state index in [1.54, 1.807) is 0 Å². The second-order valence-corrected chi connectivity index (χ2v) is 3.54. The summed E-state index contributed by atoms with van der Waals surface area (Å²) in [6.45, 7) is 0. The van der Waals surface area contributed by atoms with Crippen LogP contribution < -0.4 is 0 Å². The third kappa shape index (κ3) is 7.32. The van der Waals surface area contributed by atoms with E-state index in [9.17, 15) is 0 Å². The molecule has 0 saturated carbocycles. The van der Waals surface area contributed by atoms with Gasteiger partial charge in [0.1, 0.15) is 0 Å². The van der Waals surface area contributed by atoms with Crippen LogP contribution in [0.1, 0.15) is 0 Å². The Labute approximate surface area is 69.9 Å². The van der Waals surface area contributed by atoms with Gasteiger partial charge in [0.05, 0.1) is 0 Å². The Morgan fingerprint density at radius 2 is 1.00 bits per heavy atom. The van der Waals surface area contributed by atoms with E-state index in [1.165, 1.54) is 0 Å². The highest BCUT2D eigenvalue weighted by molar-refractivity contribution is 7.99. The normalized spacial score (nSPS) is 11.2. The summed E-state index contributed by atoms with van der Waals surface area (Å²) >= 11 is 14.9. The Kier molecular flexibility index (Phi) is 5.98. The standard InChI is InChI=1S/C2H6O2S4/c5-1(6)3-4-2(7)8/h1-2,5-8H. The predicted molar refractivity (Wildman–Crippen MR) is 45.7 cm³/mol. The van der Waals surface area contributed by atoms with Gasteiger partial charge in [-0.2, -0.15) is 0 Å². The van der Waals surface area contributed by atoms with Gasteiger partial charge in [0.15, 0.2) is 9.54 Å². The van der Waals surface area contributed by atoms with E-state index >= 15 is 0 Å². The van der Waals surface area contributed by atoms with Crippen LogP contribution in [0.5, 0.6) is 0 Å². The van der Waals surface area contributed by atoms with E-state index in [0.717, 1.165) is 0 Å². The highest BCUT2D eigenvalue weighted by Crippen LogP contribution is 2.08. The van der Waals surface area contributed by atoms with Gasteiger partial charge in [-0.15, -0.1) is 50.5 Å². The van der Waals surface area contributed by atoms with E-state index < -0.39 is 9.54 Å². The summed E-state index contributed by atoms with van der Waals surface area (Å²) in [5.74, 6) is 0. The summed E-state index contributed by atoms with van der Waals surface area (Å²) in [4.78, 5) is 8.76. The molecule has 2 nitrogen and oxygen atoms in total. The van der Waals surface area contributed by atoms with Crippen LogP contribution in [0.15, 0.2) is 0 Å². The highest BCUT2D eigenvalue weighted by Gasteiger charge is 1.98. The molecule has 0 heterocycles. The van der Waals surface area contributed by atoms with Gasteiger partial charge in [-0.25, -0.2) is 9.78 Å². The fraction of sp³-hybridized carbons (Fsp3) is 1.00. The lowest BCUT2D eigenvalue weighted by molar-refractivity contribution is -0.277. The van der Waals surface area contributed by atoms with Crippen LogP contribution in [0.3, 0.4) is 0 Å². The molecule has 0 radical (unpaired) electrons. The average molecular weight is 190 g/mol. The lowest BCUT2D eigenvalue weighted by atomic mass is 11.6. The fourth-order valence-corrected chi connectivity index (χ4v) is 0.298. The van der Waals surface area contributed by atoms with Crippen LogP contribution in [0.25, 0.3) is 0 Å². The topological polar surface area (TPSA) is 18.5 Å². The maximum atomic E-state index is 4.38. The second-order valence-electron chi connectivity index (χ2n) is 0.845. The molecule has 50 valence electrons. The van der Waals surface area contributed by atoms with E-state index in [2.05, 4.69) is 60.3 Å². The van der Waals surface area contributed by atoms with Crippen molar-refractivity contribution in [2.75, 3.05) is 0 Å². The van der Waals surface area contributed by atoms with Crippen molar-refractivity contribution in [3.8, 4) is 0 Å². The minimum Gasteiger partial charge on any atom is -0.210 e. The van der Waals surface area contributed by atoms with E-state index in [4.69, 9.17) is 0 Å². The molecule has 0 saturated heterocycles. The maximum absolute atomic E-state index is 4.38. The van der Waals surface area contributed by atoms with Crippen molar-refractivity contribution in [3.05, 3.63) is 0 Å². The highest BCUT2D eigenvalue weighted by atomic mass is 32.2. The van der Waals surface area contributed by atoms with Crippen LogP contribution in [-0.2, 0) is 9.78 Å². The lowest BCUT2D eigenvalue weighted by Crippen LogP contribution is -2.01. The molecule has 0 unspecified atom stereocenters. The van der Waals surface area contributed by atoms with Crippen LogP contribution in [0.4, 0.5) is 0 Å². The van der Waals surface area contributed by atoms with Crippen LogP contribution in [-0.4, -0.2) is 9.54 Å². The molecule has 0 aromatic carbocycles. The summed E-state index contributed by atoms with van der Waals surface area (Å²) < 4.78 is -1.09. The number of thiol groups is 4. The van der Waals surface area contributed by atoms with E-state index in [1.807, 2.05) is 0 Å². The Balaban J connectivity index is 2.93. The Bertz CT molecular complexity index is 48.0. The first-order valence-electron chi connectivity index (χ1n) is 1.67. The van der Waals surface area contributed by atoms with Gasteiger partial charge >= 0.3 is 0 Å². The SMILES string of the molecule is SC(S)OOC(S)S. The molecule has 0 aliphatic rings. The lowest BCUT2D eigenvalue weighted by Gasteiger charge is -2.05. The summed E-state index contributed by atoms with van der Waals surface area (Å²) in [6, 6.07) is 0. The Morgan fingerprint density at radius 3 is 1.12 bits per heavy atom. The largest absolute Gasteiger partial charge is 0.210 e.